The number of halogens is 1. The average molecular weight is 305 g/mol. The molecule has 0 amide bonds. The molecule has 0 aromatic heterocycles. The van der Waals surface area contributed by atoms with Gasteiger partial charge < -0.3 is 5.73 Å². The van der Waals surface area contributed by atoms with E-state index < -0.39 is 10.0 Å². The first kappa shape index (κ1) is 16.3. The third-order valence-corrected chi connectivity index (χ3v) is 5.42. The Labute approximate surface area is 120 Å². The summed E-state index contributed by atoms with van der Waals surface area (Å²) in [5.74, 6) is 0. The summed E-state index contributed by atoms with van der Waals surface area (Å²) in [5.41, 5.74) is 6.75. The Kier molecular flexibility index (Phi) is 5.64. The molecule has 1 aromatic rings. The lowest BCUT2D eigenvalue weighted by Crippen LogP contribution is -2.32. The molecular weight excluding hydrogens is 284 g/mol. The topological polar surface area (TPSA) is 63.4 Å². The average Bonchev–Trinajstić information content (AvgIpc) is 2.34. The van der Waals surface area contributed by atoms with Crippen molar-refractivity contribution in [3.8, 4) is 0 Å². The lowest BCUT2D eigenvalue weighted by Gasteiger charge is -2.22. The highest BCUT2D eigenvalue weighted by atomic mass is 35.5. The Balaban J connectivity index is 3.25. The Hall–Kier alpha value is -0.780. The molecular formula is C13H21ClN2O2S. The highest BCUT2D eigenvalue weighted by Gasteiger charge is 2.25. The molecule has 19 heavy (non-hydrogen) atoms. The van der Waals surface area contributed by atoms with Gasteiger partial charge in [0.1, 0.15) is 0 Å². The molecule has 0 fully saturated rings. The number of nitrogens with two attached hydrogens (primary N) is 1. The van der Waals surface area contributed by atoms with Crippen molar-refractivity contribution in [3.63, 3.8) is 0 Å². The normalized spacial score (nSPS) is 12.1. The molecule has 0 bridgehead atoms. The summed E-state index contributed by atoms with van der Waals surface area (Å²) in [6.45, 7) is 6.51. The second kappa shape index (κ2) is 6.59. The first-order valence-electron chi connectivity index (χ1n) is 6.40. The van der Waals surface area contributed by atoms with E-state index in [1.54, 1.807) is 13.0 Å². The molecule has 0 atom stereocenters. The number of hydrogen-bond acceptors (Lipinski definition) is 3. The fourth-order valence-electron chi connectivity index (χ4n) is 1.86. The van der Waals surface area contributed by atoms with E-state index in [1.807, 2.05) is 13.8 Å². The van der Waals surface area contributed by atoms with Crippen LogP contribution in [0.5, 0.6) is 0 Å². The van der Waals surface area contributed by atoms with Gasteiger partial charge in [-0.05, 0) is 31.0 Å². The predicted octanol–water partition coefficient (Wildman–Crippen LogP) is 3.04. The van der Waals surface area contributed by atoms with Gasteiger partial charge in [-0.3, -0.25) is 0 Å². The SMILES string of the molecule is CCCCN(CC)S(=O)(=O)c1cc(Cl)cc(N)c1C. The maximum Gasteiger partial charge on any atom is 0.243 e. The van der Waals surface area contributed by atoms with E-state index in [-0.39, 0.29) is 4.90 Å². The van der Waals surface area contributed by atoms with Gasteiger partial charge in [0.25, 0.3) is 0 Å². The van der Waals surface area contributed by atoms with Crippen LogP contribution >= 0.6 is 11.6 Å². The van der Waals surface area contributed by atoms with Gasteiger partial charge in [0.05, 0.1) is 4.90 Å². The van der Waals surface area contributed by atoms with E-state index in [4.69, 9.17) is 17.3 Å². The predicted molar refractivity (Wildman–Crippen MR) is 79.9 cm³/mol. The number of sulfonamides is 1. The Morgan fingerprint density at radius 2 is 1.95 bits per heavy atom. The Bertz CT molecular complexity index is 544. The van der Waals surface area contributed by atoms with Crippen molar-refractivity contribution in [3.05, 3.63) is 22.7 Å². The van der Waals surface area contributed by atoms with Crippen LogP contribution in [0.3, 0.4) is 0 Å². The first-order valence-corrected chi connectivity index (χ1v) is 8.22. The number of unbranched alkanes of at least 4 members (excludes halogenated alkanes) is 1. The van der Waals surface area contributed by atoms with Gasteiger partial charge >= 0.3 is 0 Å². The Morgan fingerprint density at radius 3 is 2.47 bits per heavy atom. The second-order valence-electron chi connectivity index (χ2n) is 4.47. The molecule has 0 aliphatic rings. The summed E-state index contributed by atoms with van der Waals surface area (Å²) in [4.78, 5) is 0.204. The summed E-state index contributed by atoms with van der Waals surface area (Å²) < 4.78 is 26.7. The molecule has 0 saturated carbocycles. The zero-order chi connectivity index (χ0) is 14.6. The molecule has 0 heterocycles. The van der Waals surface area contributed by atoms with E-state index in [1.165, 1.54) is 10.4 Å². The highest BCUT2D eigenvalue weighted by Crippen LogP contribution is 2.28. The van der Waals surface area contributed by atoms with Crippen LogP contribution in [0.2, 0.25) is 5.02 Å². The second-order valence-corrected chi connectivity index (χ2v) is 6.81. The van der Waals surface area contributed by atoms with E-state index in [9.17, 15) is 8.42 Å². The maximum atomic E-state index is 12.6. The third kappa shape index (κ3) is 3.61. The molecule has 108 valence electrons. The monoisotopic (exact) mass is 304 g/mol. The van der Waals surface area contributed by atoms with Crippen molar-refractivity contribution in [1.82, 2.24) is 4.31 Å². The van der Waals surface area contributed by atoms with Gasteiger partial charge in [-0.25, -0.2) is 8.42 Å². The summed E-state index contributed by atoms with van der Waals surface area (Å²) >= 11 is 5.92. The molecule has 0 unspecified atom stereocenters. The van der Waals surface area contributed by atoms with Crippen LogP contribution in [0.15, 0.2) is 17.0 Å². The molecule has 2 N–H and O–H groups in total. The van der Waals surface area contributed by atoms with Gasteiger partial charge in [-0.15, -0.1) is 0 Å². The van der Waals surface area contributed by atoms with Crippen molar-refractivity contribution >= 4 is 27.3 Å². The van der Waals surface area contributed by atoms with Gasteiger partial charge in [0.2, 0.25) is 10.0 Å². The summed E-state index contributed by atoms with van der Waals surface area (Å²) in [7, 11) is -3.53. The molecule has 1 rings (SSSR count). The zero-order valence-corrected chi connectivity index (χ0v) is 13.2. The fraction of sp³-hybridized carbons (Fsp3) is 0.538. The van der Waals surface area contributed by atoms with Gasteiger partial charge in [0.15, 0.2) is 0 Å². The van der Waals surface area contributed by atoms with Gasteiger partial charge in [-0.1, -0.05) is 31.9 Å². The summed E-state index contributed by atoms with van der Waals surface area (Å²) in [6, 6.07) is 3.04. The van der Waals surface area contributed by atoms with Crippen molar-refractivity contribution in [2.24, 2.45) is 0 Å². The van der Waals surface area contributed by atoms with Crippen LogP contribution in [0, 0.1) is 6.92 Å². The minimum absolute atomic E-state index is 0.204. The van der Waals surface area contributed by atoms with Crippen LogP contribution in [-0.2, 0) is 10.0 Å². The standard InChI is InChI=1S/C13H21ClN2O2S/c1-4-6-7-16(5-2)19(17,18)13-9-11(14)8-12(15)10(13)3/h8-9H,4-7,15H2,1-3H3. The first-order chi connectivity index (χ1) is 8.84. The largest absolute Gasteiger partial charge is 0.398 e. The zero-order valence-electron chi connectivity index (χ0n) is 11.6. The van der Waals surface area contributed by atoms with Crippen LogP contribution in [-0.4, -0.2) is 25.8 Å². The minimum atomic E-state index is -3.53. The fourth-order valence-corrected chi connectivity index (χ4v) is 3.92. The number of hydrogen-bond donors (Lipinski definition) is 1. The van der Waals surface area contributed by atoms with Crippen molar-refractivity contribution in [2.45, 2.75) is 38.5 Å². The molecule has 4 nitrogen and oxygen atoms in total. The maximum absolute atomic E-state index is 12.6. The number of benzene rings is 1. The summed E-state index contributed by atoms with van der Waals surface area (Å²) in [6.07, 6.45) is 1.78. The smallest absolute Gasteiger partial charge is 0.243 e. The van der Waals surface area contributed by atoms with E-state index >= 15 is 0 Å². The number of nitrogens with zero attached hydrogens (tertiary/aromatic N) is 1. The number of rotatable bonds is 6. The van der Waals surface area contributed by atoms with Crippen LogP contribution in [0.4, 0.5) is 5.69 Å². The van der Waals surface area contributed by atoms with Crippen LogP contribution < -0.4 is 5.73 Å². The highest BCUT2D eigenvalue weighted by molar-refractivity contribution is 7.89. The summed E-state index contributed by atoms with van der Waals surface area (Å²) in [5, 5.41) is 0.341. The lowest BCUT2D eigenvalue weighted by atomic mass is 10.2. The van der Waals surface area contributed by atoms with Gasteiger partial charge in [0, 0.05) is 23.8 Å². The van der Waals surface area contributed by atoms with Crippen molar-refractivity contribution in [1.29, 1.82) is 0 Å². The molecule has 0 aliphatic heterocycles. The molecule has 6 heteroatoms. The van der Waals surface area contributed by atoms with Crippen LogP contribution in [0.25, 0.3) is 0 Å². The van der Waals surface area contributed by atoms with E-state index in [0.29, 0.717) is 29.4 Å². The Morgan fingerprint density at radius 1 is 1.32 bits per heavy atom. The molecule has 0 spiro atoms. The third-order valence-electron chi connectivity index (χ3n) is 3.10. The van der Waals surface area contributed by atoms with E-state index in [2.05, 4.69) is 0 Å². The quantitative estimate of drug-likeness (QED) is 0.822. The van der Waals surface area contributed by atoms with Crippen LogP contribution in [0.1, 0.15) is 32.3 Å². The molecule has 1 aromatic carbocycles. The minimum Gasteiger partial charge on any atom is -0.398 e. The van der Waals surface area contributed by atoms with E-state index in [0.717, 1.165) is 12.8 Å². The molecule has 0 aliphatic carbocycles. The number of anilines is 1. The number of nitrogen functional groups attached to an aromatic ring is 1. The van der Waals surface area contributed by atoms with Gasteiger partial charge in [-0.2, -0.15) is 4.31 Å². The van der Waals surface area contributed by atoms with Crippen molar-refractivity contribution in [2.75, 3.05) is 18.8 Å². The molecule has 0 radical (unpaired) electrons. The molecule has 0 saturated heterocycles. The lowest BCUT2D eigenvalue weighted by molar-refractivity contribution is 0.418. The van der Waals surface area contributed by atoms with Crippen molar-refractivity contribution < 1.29 is 8.42 Å².